The third-order valence-electron chi connectivity index (χ3n) is 5.31. The van der Waals surface area contributed by atoms with Crippen LogP contribution in [-0.4, -0.2) is 11.9 Å². The summed E-state index contributed by atoms with van der Waals surface area (Å²) in [5.41, 5.74) is 0. The van der Waals surface area contributed by atoms with E-state index in [9.17, 15) is 19.8 Å². The quantitative estimate of drug-likeness (QED) is 0.126. The van der Waals surface area contributed by atoms with Crippen molar-refractivity contribution in [1.29, 1.82) is 0 Å². The van der Waals surface area contributed by atoms with Crippen LogP contribution in [0.4, 0.5) is 0 Å². The van der Waals surface area contributed by atoms with Crippen LogP contribution in [0, 0.1) is 5.92 Å². The Kier molecular flexibility index (Phi) is 32.6. The van der Waals surface area contributed by atoms with Gasteiger partial charge < -0.3 is 19.8 Å². The van der Waals surface area contributed by atoms with Gasteiger partial charge in [-0.2, -0.15) is 0 Å². The van der Waals surface area contributed by atoms with Crippen LogP contribution in [0.25, 0.3) is 0 Å². The molecule has 30 heavy (non-hydrogen) atoms. The second-order valence-electron chi connectivity index (χ2n) is 8.03. The SMILES string of the molecule is CCCCCCCCCCCCC/C=C/CCCCCC(CC(=O)[O-])C(=O)[O-].[Na+].[Na+]. The van der Waals surface area contributed by atoms with Gasteiger partial charge in [-0.05, 0) is 38.5 Å². The fourth-order valence-corrected chi connectivity index (χ4v) is 3.50. The molecule has 164 valence electrons. The van der Waals surface area contributed by atoms with E-state index < -0.39 is 24.3 Å². The van der Waals surface area contributed by atoms with Crippen molar-refractivity contribution >= 4 is 11.9 Å². The minimum atomic E-state index is -1.32. The van der Waals surface area contributed by atoms with Gasteiger partial charge in [-0.25, -0.2) is 0 Å². The zero-order valence-electron chi connectivity index (χ0n) is 20.1. The zero-order valence-corrected chi connectivity index (χ0v) is 24.1. The van der Waals surface area contributed by atoms with Gasteiger partial charge in [-0.1, -0.05) is 96.1 Å². The normalized spacial score (nSPS) is 11.6. The molecule has 0 bridgehead atoms. The van der Waals surface area contributed by atoms with Crippen molar-refractivity contribution in [2.24, 2.45) is 5.92 Å². The van der Waals surface area contributed by atoms with Crippen molar-refractivity contribution < 1.29 is 78.9 Å². The summed E-state index contributed by atoms with van der Waals surface area (Å²) in [5.74, 6) is -3.52. The van der Waals surface area contributed by atoms with Gasteiger partial charge in [0.15, 0.2) is 0 Å². The molecule has 0 rings (SSSR count). The molecule has 1 atom stereocenters. The summed E-state index contributed by atoms with van der Waals surface area (Å²) in [4.78, 5) is 21.3. The molecular formula is C24H42Na2O4. The number of carbonyl (C=O) groups excluding carboxylic acids is 2. The predicted octanol–water partition coefficient (Wildman–Crippen LogP) is -1.29. The average Bonchev–Trinajstić information content (AvgIpc) is 2.65. The Morgan fingerprint density at radius 1 is 0.667 bits per heavy atom. The number of aliphatic carboxylic acids is 2. The van der Waals surface area contributed by atoms with E-state index in [-0.39, 0.29) is 59.1 Å². The van der Waals surface area contributed by atoms with E-state index in [4.69, 9.17) is 0 Å². The Morgan fingerprint density at radius 2 is 1.07 bits per heavy atom. The smallest absolute Gasteiger partial charge is 0.550 e. The first-order valence-corrected chi connectivity index (χ1v) is 11.6. The fourth-order valence-electron chi connectivity index (χ4n) is 3.50. The van der Waals surface area contributed by atoms with Gasteiger partial charge in [-0.3, -0.25) is 0 Å². The van der Waals surface area contributed by atoms with Gasteiger partial charge >= 0.3 is 59.1 Å². The van der Waals surface area contributed by atoms with Crippen molar-refractivity contribution in [3.05, 3.63) is 12.2 Å². The number of carbonyl (C=O) groups is 2. The Hall–Kier alpha value is 0.680. The number of unbranched alkanes of at least 4 members (excludes halogenated alkanes) is 14. The van der Waals surface area contributed by atoms with E-state index in [0.717, 1.165) is 32.1 Å². The molecule has 0 saturated carbocycles. The topological polar surface area (TPSA) is 80.3 Å². The molecule has 0 aromatic heterocycles. The van der Waals surface area contributed by atoms with Crippen LogP contribution in [-0.2, 0) is 9.59 Å². The molecule has 1 unspecified atom stereocenters. The molecule has 0 amide bonds. The monoisotopic (exact) mass is 440 g/mol. The summed E-state index contributed by atoms with van der Waals surface area (Å²) in [6.45, 7) is 2.26. The second-order valence-corrected chi connectivity index (χ2v) is 8.03. The van der Waals surface area contributed by atoms with Crippen molar-refractivity contribution in [2.75, 3.05) is 0 Å². The molecule has 0 fully saturated rings. The maximum atomic E-state index is 10.8. The number of allylic oxidation sites excluding steroid dienone is 2. The minimum absolute atomic E-state index is 0. The Morgan fingerprint density at radius 3 is 1.47 bits per heavy atom. The van der Waals surface area contributed by atoms with E-state index in [0.29, 0.717) is 6.42 Å². The molecule has 0 aromatic carbocycles. The minimum Gasteiger partial charge on any atom is -0.550 e. The maximum Gasteiger partial charge on any atom is 1.00 e. The van der Waals surface area contributed by atoms with Crippen molar-refractivity contribution in [2.45, 2.75) is 122 Å². The molecular weight excluding hydrogens is 398 g/mol. The van der Waals surface area contributed by atoms with Crippen LogP contribution in [0.15, 0.2) is 12.2 Å². The fraction of sp³-hybridized carbons (Fsp3) is 0.833. The summed E-state index contributed by atoms with van der Waals surface area (Å²) >= 11 is 0. The first-order chi connectivity index (χ1) is 13.6. The average molecular weight is 441 g/mol. The van der Waals surface area contributed by atoms with E-state index in [1.807, 2.05) is 0 Å². The molecule has 0 aliphatic heterocycles. The third kappa shape index (κ3) is 26.7. The van der Waals surface area contributed by atoms with E-state index in [2.05, 4.69) is 19.1 Å². The van der Waals surface area contributed by atoms with Gasteiger partial charge in [0.05, 0.1) is 0 Å². The van der Waals surface area contributed by atoms with Crippen LogP contribution in [0.5, 0.6) is 0 Å². The summed E-state index contributed by atoms with van der Waals surface area (Å²) < 4.78 is 0. The van der Waals surface area contributed by atoms with Crippen molar-refractivity contribution in [1.82, 2.24) is 0 Å². The molecule has 0 radical (unpaired) electrons. The van der Waals surface area contributed by atoms with Crippen LogP contribution in [0.1, 0.15) is 122 Å². The molecule has 0 aliphatic rings. The number of carboxylic acids is 2. The Bertz CT molecular complexity index is 414. The van der Waals surface area contributed by atoms with Crippen molar-refractivity contribution in [3.8, 4) is 0 Å². The molecule has 4 nitrogen and oxygen atoms in total. The molecule has 6 heteroatoms. The van der Waals surface area contributed by atoms with E-state index >= 15 is 0 Å². The summed E-state index contributed by atoms with van der Waals surface area (Å²) in [7, 11) is 0. The van der Waals surface area contributed by atoms with Gasteiger partial charge in [0.1, 0.15) is 0 Å². The molecule has 0 aromatic rings. The van der Waals surface area contributed by atoms with Gasteiger partial charge in [0.2, 0.25) is 0 Å². The molecule has 0 N–H and O–H groups in total. The molecule has 0 aliphatic carbocycles. The van der Waals surface area contributed by atoms with E-state index in [1.54, 1.807) is 0 Å². The Balaban J connectivity index is -0.00000364. The van der Waals surface area contributed by atoms with Crippen LogP contribution < -0.4 is 69.3 Å². The standard InChI is InChI=1S/C24H44O4.2Na/c1-2-3-4-5-6-7-8-9-10-11-12-13-14-15-16-17-18-19-20-22(24(27)28)21-23(25)26;;/h14-15,22H,2-13,16-21H2,1H3,(H,25,26)(H,27,28);;/q;2*+1/p-2/b15-14+;;. The maximum absolute atomic E-state index is 10.8. The van der Waals surface area contributed by atoms with Crippen LogP contribution in [0.3, 0.4) is 0 Å². The number of rotatable bonds is 21. The van der Waals surface area contributed by atoms with E-state index in [1.165, 1.54) is 70.6 Å². The largest absolute Gasteiger partial charge is 1.00 e. The first kappa shape index (κ1) is 35.3. The number of hydrogen-bond donors (Lipinski definition) is 0. The van der Waals surface area contributed by atoms with Gasteiger partial charge in [0.25, 0.3) is 0 Å². The third-order valence-corrected chi connectivity index (χ3v) is 5.31. The number of hydrogen-bond acceptors (Lipinski definition) is 4. The van der Waals surface area contributed by atoms with Crippen LogP contribution in [0.2, 0.25) is 0 Å². The summed E-state index contributed by atoms with van der Waals surface area (Å²) in [6, 6.07) is 0. The molecule has 0 heterocycles. The van der Waals surface area contributed by atoms with Crippen LogP contribution >= 0.6 is 0 Å². The zero-order chi connectivity index (χ0) is 20.9. The summed E-state index contributed by atoms with van der Waals surface area (Å²) in [5, 5.41) is 21.3. The number of carboxylic acid groups (broad SMARTS) is 2. The van der Waals surface area contributed by atoms with Gasteiger partial charge in [0, 0.05) is 17.9 Å². The van der Waals surface area contributed by atoms with Crippen molar-refractivity contribution in [3.63, 3.8) is 0 Å². The molecule has 0 spiro atoms. The summed E-state index contributed by atoms with van der Waals surface area (Å²) in [6.07, 6.45) is 24.3. The second kappa shape index (κ2) is 27.7. The van der Waals surface area contributed by atoms with Gasteiger partial charge in [-0.15, -0.1) is 0 Å². The first-order valence-electron chi connectivity index (χ1n) is 11.6. The Labute approximate surface area is 229 Å². The predicted molar refractivity (Wildman–Crippen MR) is 111 cm³/mol. The molecule has 0 saturated heterocycles.